The van der Waals surface area contributed by atoms with E-state index in [9.17, 15) is 14.0 Å². The largest absolute Gasteiger partial charge is 0.494 e. The molecule has 3 aromatic carbocycles. The SMILES string of the molecule is CCOc1ccc(N=C2NC(=O)/C(=C\c3cc(Cl)c(OCC(=O)Nc4ccc(F)cc4)c(OC)c3)S2)cc1. The standard InChI is InChI=1S/C27H23ClFN3O5S/c1-3-36-20-10-8-19(9-11-20)31-27-32-26(34)23(38-27)14-16-12-21(28)25(22(13-16)35-2)37-15-24(33)30-18-6-4-17(29)5-7-18/h4-14H,3,15H2,1-2H3,(H,30,33)(H,31,32,34)/b23-14+. The summed E-state index contributed by atoms with van der Waals surface area (Å²) in [6, 6.07) is 15.8. The summed E-state index contributed by atoms with van der Waals surface area (Å²) in [6.45, 7) is 2.13. The Kier molecular flexibility index (Phi) is 8.88. The second-order valence-corrected chi connectivity index (χ2v) is 9.22. The number of ether oxygens (including phenoxy) is 3. The van der Waals surface area contributed by atoms with Crippen molar-refractivity contribution < 1.29 is 28.2 Å². The van der Waals surface area contributed by atoms with E-state index in [4.69, 9.17) is 25.8 Å². The van der Waals surface area contributed by atoms with Crippen LogP contribution in [0.4, 0.5) is 15.8 Å². The van der Waals surface area contributed by atoms with Crippen LogP contribution in [-0.2, 0) is 9.59 Å². The highest BCUT2D eigenvalue weighted by molar-refractivity contribution is 8.18. The van der Waals surface area contributed by atoms with Gasteiger partial charge in [-0.25, -0.2) is 9.38 Å². The van der Waals surface area contributed by atoms with E-state index in [-0.39, 0.29) is 29.0 Å². The van der Waals surface area contributed by atoms with Gasteiger partial charge < -0.3 is 24.8 Å². The van der Waals surface area contributed by atoms with Gasteiger partial charge in [-0.05, 0) is 91.0 Å². The van der Waals surface area contributed by atoms with E-state index >= 15 is 0 Å². The number of benzene rings is 3. The molecular weight excluding hydrogens is 533 g/mol. The van der Waals surface area contributed by atoms with Gasteiger partial charge in [-0.2, -0.15) is 0 Å². The molecule has 1 fully saturated rings. The number of amidine groups is 1. The number of rotatable bonds is 9. The van der Waals surface area contributed by atoms with Gasteiger partial charge in [0.1, 0.15) is 11.6 Å². The van der Waals surface area contributed by atoms with Crippen LogP contribution >= 0.6 is 23.4 Å². The smallest absolute Gasteiger partial charge is 0.264 e. The molecule has 196 valence electrons. The number of anilines is 1. The molecule has 1 aliphatic heterocycles. The summed E-state index contributed by atoms with van der Waals surface area (Å²) >= 11 is 7.61. The predicted molar refractivity (Wildman–Crippen MR) is 147 cm³/mol. The van der Waals surface area contributed by atoms with Crippen molar-refractivity contribution in [1.82, 2.24) is 5.32 Å². The van der Waals surface area contributed by atoms with Gasteiger partial charge in [0.05, 0.1) is 29.3 Å². The van der Waals surface area contributed by atoms with Crippen molar-refractivity contribution in [2.24, 2.45) is 4.99 Å². The summed E-state index contributed by atoms with van der Waals surface area (Å²) in [7, 11) is 1.44. The van der Waals surface area contributed by atoms with Crippen LogP contribution in [-0.4, -0.2) is 37.3 Å². The number of hydrogen-bond donors (Lipinski definition) is 2. The molecule has 0 aromatic heterocycles. The molecule has 0 aliphatic carbocycles. The molecule has 0 unspecified atom stereocenters. The molecule has 0 radical (unpaired) electrons. The van der Waals surface area contributed by atoms with E-state index in [2.05, 4.69) is 15.6 Å². The third-order valence-electron chi connectivity index (χ3n) is 5.05. The molecule has 11 heteroatoms. The van der Waals surface area contributed by atoms with Crippen molar-refractivity contribution >= 4 is 57.8 Å². The zero-order valence-corrected chi connectivity index (χ0v) is 22.0. The van der Waals surface area contributed by atoms with Crippen molar-refractivity contribution in [3.8, 4) is 17.2 Å². The van der Waals surface area contributed by atoms with Gasteiger partial charge in [0, 0.05) is 5.69 Å². The molecule has 1 aliphatic rings. The van der Waals surface area contributed by atoms with Crippen LogP contribution in [0.1, 0.15) is 12.5 Å². The maximum absolute atomic E-state index is 13.0. The summed E-state index contributed by atoms with van der Waals surface area (Å²) in [4.78, 5) is 29.6. The number of halogens is 2. The average Bonchev–Trinajstić information content (AvgIpc) is 3.23. The number of nitrogens with one attached hydrogen (secondary N) is 2. The Morgan fingerprint density at radius 2 is 1.87 bits per heavy atom. The first kappa shape index (κ1) is 27.0. The summed E-state index contributed by atoms with van der Waals surface area (Å²) < 4.78 is 29.5. The van der Waals surface area contributed by atoms with E-state index in [0.717, 1.165) is 5.75 Å². The fourth-order valence-electron chi connectivity index (χ4n) is 3.36. The molecule has 0 atom stereocenters. The maximum Gasteiger partial charge on any atom is 0.264 e. The van der Waals surface area contributed by atoms with Crippen LogP contribution in [0.3, 0.4) is 0 Å². The highest BCUT2D eigenvalue weighted by Gasteiger charge is 2.24. The molecule has 0 spiro atoms. The molecule has 1 heterocycles. The second-order valence-electron chi connectivity index (χ2n) is 7.79. The van der Waals surface area contributed by atoms with Gasteiger partial charge in [-0.1, -0.05) is 11.6 Å². The van der Waals surface area contributed by atoms with Crippen molar-refractivity contribution in [3.63, 3.8) is 0 Å². The van der Waals surface area contributed by atoms with E-state index in [1.165, 1.54) is 43.1 Å². The normalized spacial score (nSPS) is 14.9. The minimum absolute atomic E-state index is 0.173. The van der Waals surface area contributed by atoms with Crippen LogP contribution in [0.25, 0.3) is 6.08 Å². The lowest BCUT2D eigenvalue weighted by atomic mass is 10.2. The molecule has 3 aromatic rings. The van der Waals surface area contributed by atoms with Crippen LogP contribution < -0.4 is 24.8 Å². The Morgan fingerprint density at radius 1 is 1.13 bits per heavy atom. The number of thioether (sulfide) groups is 1. The van der Waals surface area contributed by atoms with Gasteiger partial charge in [0.2, 0.25) is 0 Å². The first-order valence-corrected chi connectivity index (χ1v) is 12.6. The summed E-state index contributed by atoms with van der Waals surface area (Å²) in [5, 5.41) is 5.98. The number of amides is 2. The van der Waals surface area contributed by atoms with E-state index in [1.807, 2.05) is 19.1 Å². The predicted octanol–water partition coefficient (Wildman–Crippen LogP) is 5.80. The third kappa shape index (κ3) is 7.05. The molecule has 2 N–H and O–H groups in total. The van der Waals surface area contributed by atoms with Gasteiger partial charge in [-0.15, -0.1) is 0 Å². The summed E-state index contributed by atoms with van der Waals surface area (Å²) in [5.74, 6) is 0.0340. The van der Waals surface area contributed by atoms with Crippen molar-refractivity contribution in [3.05, 3.63) is 82.0 Å². The zero-order chi connectivity index (χ0) is 27.1. The Balaban J connectivity index is 1.44. The second kappa shape index (κ2) is 12.5. The van der Waals surface area contributed by atoms with Gasteiger partial charge in [0.25, 0.3) is 11.8 Å². The lowest BCUT2D eigenvalue weighted by Crippen LogP contribution is -2.20. The monoisotopic (exact) mass is 555 g/mol. The Bertz CT molecular complexity index is 1400. The van der Waals surface area contributed by atoms with E-state index < -0.39 is 11.7 Å². The quantitative estimate of drug-likeness (QED) is 0.324. The third-order valence-corrected chi connectivity index (χ3v) is 6.24. The van der Waals surface area contributed by atoms with Crippen LogP contribution in [0.15, 0.2) is 70.6 Å². The topological polar surface area (TPSA) is 98.3 Å². The van der Waals surface area contributed by atoms with Crippen molar-refractivity contribution in [2.75, 3.05) is 25.6 Å². The fourth-order valence-corrected chi connectivity index (χ4v) is 4.48. The van der Waals surface area contributed by atoms with E-state index in [0.29, 0.717) is 33.6 Å². The van der Waals surface area contributed by atoms with Crippen molar-refractivity contribution in [2.45, 2.75) is 6.92 Å². The molecule has 0 bridgehead atoms. The lowest BCUT2D eigenvalue weighted by Gasteiger charge is -2.13. The van der Waals surface area contributed by atoms with Gasteiger partial charge in [-0.3, -0.25) is 9.59 Å². The lowest BCUT2D eigenvalue weighted by molar-refractivity contribution is -0.118. The number of carbonyl (C=O) groups excluding carboxylic acids is 2. The number of aliphatic imine (C=N–C) groups is 1. The summed E-state index contributed by atoms with van der Waals surface area (Å²) in [6.07, 6.45) is 1.65. The molecular formula is C27H23ClFN3O5S. The molecule has 1 saturated heterocycles. The molecule has 8 nitrogen and oxygen atoms in total. The van der Waals surface area contributed by atoms with Crippen LogP contribution in [0.2, 0.25) is 5.02 Å². The Hall–Kier alpha value is -4.02. The highest BCUT2D eigenvalue weighted by Crippen LogP contribution is 2.38. The maximum atomic E-state index is 13.0. The molecule has 2 amide bonds. The minimum atomic E-state index is -0.459. The van der Waals surface area contributed by atoms with Crippen molar-refractivity contribution in [1.29, 1.82) is 0 Å². The van der Waals surface area contributed by atoms with Crippen LogP contribution in [0.5, 0.6) is 17.2 Å². The van der Waals surface area contributed by atoms with Crippen LogP contribution in [0, 0.1) is 5.82 Å². The minimum Gasteiger partial charge on any atom is -0.494 e. The molecule has 4 rings (SSSR count). The first-order valence-electron chi connectivity index (χ1n) is 11.4. The number of methoxy groups -OCH3 is 1. The number of nitrogens with zero attached hydrogens (tertiary/aromatic N) is 1. The van der Waals surface area contributed by atoms with E-state index in [1.54, 1.807) is 30.3 Å². The Morgan fingerprint density at radius 3 is 2.55 bits per heavy atom. The van der Waals surface area contributed by atoms with Gasteiger partial charge in [0.15, 0.2) is 23.3 Å². The highest BCUT2D eigenvalue weighted by atomic mass is 35.5. The average molecular weight is 556 g/mol. The number of hydrogen-bond acceptors (Lipinski definition) is 7. The first-order chi connectivity index (χ1) is 18.3. The molecule has 38 heavy (non-hydrogen) atoms. The molecule has 0 saturated carbocycles. The number of carbonyl (C=O) groups is 2. The van der Waals surface area contributed by atoms with Gasteiger partial charge >= 0.3 is 0 Å². The zero-order valence-electron chi connectivity index (χ0n) is 20.4. The Labute approximate surface area is 227 Å². The summed E-state index contributed by atoms with van der Waals surface area (Å²) in [5.41, 5.74) is 1.69. The fraction of sp³-hybridized carbons (Fsp3) is 0.148.